The largest absolute Gasteiger partial charge is 0.319 e. The fourth-order valence-corrected chi connectivity index (χ4v) is 2.36. The lowest BCUT2D eigenvalue weighted by molar-refractivity contribution is 0.380. The second-order valence-corrected chi connectivity index (χ2v) is 4.46. The first-order valence-electron chi connectivity index (χ1n) is 5.59. The minimum absolute atomic E-state index is 0.222. The average molecular weight is 226 g/mol. The number of nitrogens with one attached hydrogen (secondary N) is 1. The average Bonchev–Trinajstić information content (AvgIpc) is 2.26. The zero-order valence-corrected chi connectivity index (χ0v) is 10.6. The highest BCUT2D eigenvalue weighted by Gasteiger charge is 2.27. The number of likely N-dealkylation sites (N-methyl/N-ethyl adjacent to an activating group) is 1. The third-order valence-electron chi connectivity index (χ3n) is 3.31. The molecule has 2 heteroatoms. The molecule has 1 aromatic rings. The van der Waals surface area contributed by atoms with Crippen molar-refractivity contribution in [2.24, 2.45) is 0 Å². The molecule has 1 aromatic carbocycles. The first-order chi connectivity index (χ1) is 7.18. The van der Waals surface area contributed by atoms with Gasteiger partial charge in [0, 0.05) is 17.0 Å². The van der Waals surface area contributed by atoms with Gasteiger partial charge in [0.25, 0.3) is 0 Å². The zero-order chi connectivity index (χ0) is 11.3. The molecular weight excluding hydrogens is 206 g/mol. The molecule has 0 saturated heterocycles. The maximum absolute atomic E-state index is 6.04. The van der Waals surface area contributed by atoms with Crippen molar-refractivity contribution in [3.8, 4) is 0 Å². The topological polar surface area (TPSA) is 12.0 Å². The van der Waals surface area contributed by atoms with E-state index in [1.807, 2.05) is 19.2 Å². The summed E-state index contributed by atoms with van der Waals surface area (Å²) in [5.74, 6) is 0. The Bertz CT molecular complexity index is 305. The Balaban J connectivity index is 3.07. The van der Waals surface area contributed by atoms with E-state index in [4.69, 9.17) is 11.6 Å². The van der Waals surface area contributed by atoms with Gasteiger partial charge in [0.2, 0.25) is 0 Å². The molecule has 1 rings (SSSR count). The third-order valence-corrected chi connectivity index (χ3v) is 3.54. The normalized spacial score (nSPS) is 11.7. The molecule has 0 heterocycles. The third kappa shape index (κ3) is 2.73. The van der Waals surface area contributed by atoms with Crippen LogP contribution in [0.25, 0.3) is 0 Å². The van der Waals surface area contributed by atoms with Crippen molar-refractivity contribution in [1.82, 2.24) is 5.32 Å². The van der Waals surface area contributed by atoms with Gasteiger partial charge in [0.05, 0.1) is 0 Å². The van der Waals surface area contributed by atoms with E-state index in [0.717, 1.165) is 24.4 Å². The highest BCUT2D eigenvalue weighted by atomic mass is 35.5. The van der Waals surface area contributed by atoms with Gasteiger partial charge >= 0.3 is 0 Å². The van der Waals surface area contributed by atoms with E-state index < -0.39 is 0 Å². The van der Waals surface area contributed by atoms with Crippen molar-refractivity contribution in [3.05, 3.63) is 34.9 Å². The molecule has 0 spiro atoms. The Morgan fingerprint density at radius 2 is 1.93 bits per heavy atom. The molecule has 0 aromatic heterocycles. The summed E-state index contributed by atoms with van der Waals surface area (Å²) in [6, 6.07) is 8.23. The first-order valence-corrected chi connectivity index (χ1v) is 5.97. The van der Waals surface area contributed by atoms with Crippen LogP contribution in [0.1, 0.15) is 32.3 Å². The maximum Gasteiger partial charge on any atom is 0.0408 e. The Labute approximate surface area is 97.8 Å². The SMILES string of the molecule is CCC(CC)(CNC)c1cccc(Cl)c1. The smallest absolute Gasteiger partial charge is 0.0408 e. The monoisotopic (exact) mass is 225 g/mol. The molecule has 0 aliphatic rings. The molecule has 0 bridgehead atoms. The van der Waals surface area contributed by atoms with Gasteiger partial charge in [-0.25, -0.2) is 0 Å². The minimum atomic E-state index is 0.222. The van der Waals surface area contributed by atoms with E-state index in [1.165, 1.54) is 5.56 Å². The molecule has 0 unspecified atom stereocenters. The number of benzene rings is 1. The summed E-state index contributed by atoms with van der Waals surface area (Å²) in [7, 11) is 2.00. The minimum Gasteiger partial charge on any atom is -0.319 e. The maximum atomic E-state index is 6.04. The Morgan fingerprint density at radius 3 is 2.40 bits per heavy atom. The van der Waals surface area contributed by atoms with Crippen LogP contribution in [-0.4, -0.2) is 13.6 Å². The number of rotatable bonds is 5. The van der Waals surface area contributed by atoms with Gasteiger partial charge in [-0.05, 0) is 37.6 Å². The van der Waals surface area contributed by atoms with Crippen molar-refractivity contribution >= 4 is 11.6 Å². The molecule has 1 nitrogen and oxygen atoms in total. The van der Waals surface area contributed by atoms with E-state index in [-0.39, 0.29) is 5.41 Å². The number of halogens is 1. The van der Waals surface area contributed by atoms with E-state index in [2.05, 4.69) is 31.3 Å². The second-order valence-electron chi connectivity index (χ2n) is 4.03. The highest BCUT2D eigenvalue weighted by Crippen LogP contribution is 2.32. The first kappa shape index (κ1) is 12.5. The summed E-state index contributed by atoms with van der Waals surface area (Å²) in [5.41, 5.74) is 1.56. The van der Waals surface area contributed by atoms with E-state index in [0.29, 0.717) is 0 Å². The summed E-state index contributed by atoms with van der Waals surface area (Å²) in [4.78, 5) is 0. The molecule has 1 N–H and O–H groups in total. The molecule has 0 atom stereocenters. The van der Waals surface area contributed by atoms with Gasteiger partial charge < -0.3 is 5.32 Å². The van der Waals surface area contributed by atoms with Gasteiger partial charge in [-0.2, -0.15) is 0 Å². The molecule has 0 aliphatic heterocycles. The van der Waals surface area contributed by atoms with Crippen LogP contribution < -0.4 is 5.32 Å². The van der Waals surface area contributed by atoms with Crippen molar-refractivity contribution in [2.45, 2.75) is 32.1 Å². The Kier molecular flexibility index (Phi) is 4.62. The fraction of sp³-hybridized carbons (Fsp3) is 0.538. The van der Waals surface area contributed by atoms with Gasteiger partial charge in [-0.15, -0.1) is 0 Å². The second kappa shape index (κ2) is 5.53. The molecule has 0 fully saturated rings. The standard InChI is InChI=1S/C13H20ClN/c1-4-13(5-2,10-15-3)11-7-6-8-12(14)9-11/h6-9,15H,4-5,10H2,1-3H3. The van der Waals surface area contributed by atoms with E-state index in [9.17, 15) is 0 Å². The van der Waals surface area contributed by atoms with Gasteiger partial charge in [0.1, 0.15) is 0 Å². The molecule has 15 heavy (non-hydrogen) atoms. The lowest BCUT2D eigenvalue weighted by Crippen LogP contribution is -2.35. The van der Waals surface area contributed by atoms with Crippen LogP contribution in [0.15, 0.2) is 24.3 Å². The van der Waals surface area contributed by atoms with Crippen LogP contribution in [0.2, 0.25) is 5.02 Å². The zero-order valence-electron chi connectivity index (χ0n) is 9.81. The van der Waals surface area contributed by atoms with Crippen LogP contribution in [0.5, 0.6) is 0 Å². The molecule has 0 aliphatic carbocycles. The molecule has 0 saturated carbocycles. The lowest BCUT2D eigenvalue weighted by Gasteiger charge is -2.32. The number of hydrogen-bond acceptors (Lipinski definition) is 1. The van der Waals surface area contributed by atoms with Crippen molar-refractivity contribution in [2.75, 3.05) is 13.6 Å². The summed E-state index contributed by atoms with van der Waals surface area (Å²) in [6.45, 7) is 5.48. The Morgan fingerprint density at radius 1 is 1.27 bits per heavy atom. The van der Waals surface area contributed by atoms with Crippen LogP contribution in [0.3, 0.4) is 0 Å². The predicted octanol–water partition coefficient (Wildman–Crippen LogP) is 3.62. The van der Waals surface area contributed by atoms with E-state index >= 15 is 0 Å². The van der Waals surface area contributed by atoms with Crippen molar-refractivity contribution in [3.63, 3.8) is 0 Å². The van der Waals surface area contributed by atoms with E-state index in [1.54, 1.807) is 0 Å². The summed E-state index contributed by atoms with van der Waals surface area (Å²) in [5, 5.41) is 4.11. The van der Waals surface area contributed by atoms with Crippen molar-refractivity contribution < 1.29 is 0 Å². The van der Waals surface area contributed by atoms with Gasteiger partial charge in [-0.3, -0.25) is 0 Å². The molecule has 0 amide bonds. The van der Waals surface area contributed by atoms with Crippen LogP contribution in [0, 0.1) is 0 Å². The Hall–Kier alpha value is -0.530. The van der Waals surface area contributed by atoms with Crippen LogP contribution >= 0.6 is 11.6 Å². The summed E-state index contributed by atoms with van der Waals surface area (Å²) < 4.78 is 0. The predicted molar refractivity (Wildman–Crippen MR) is 67.6 cm³/mol. The van der Waals surface area contributed by atoms with Crippen LogP contribution in [0.4, 0.5) is 0 Å². The quantitative estimate of drug-likeness (QED) is 0.807. The van der Waals surface area contributed by atoms with Gasteiger partial charge in [-0.1, -0.05) is 37.6 Å². The van der Waals surface area contributed by atoms with Crippen LogP contribution in [-0.2, 0) is 5.41 Å². The molecule has 84 valence electrons. The molecular formula is C13H20ClN. The lowest BCUT2D eigenvalue weighted by atomic mass is 9.76. The fourth-order valence-electron chi connectivity index (χ4n) is 2.17. The molecule has 0 radical (unpaired) electrons. The summed E-state index contributed by atoms with van der Waals surface area (Å²) in [6.07, 6.45) is 2.26. The van der Waals surface area contributed by atoms with Crippen molar-refractivity contribution in [1.29, 1.82) is 0 Å². The number of hydrogen-bond donors (Lipinski definition) is 1. The van der Waals surface area contributed by atoms with Gasteiger partial charge in [0.15, 0.2) is 0 Å². The summed E-state index contributed by atoms with van der Waals surface area (Å²) >= 11 is 6.04. The highest BCUT2D eigenvalue weighted by molar-refractivity contribution is 6.30.